The number of nitrogens with one attached hydrogen (secondary N) is 1. The van der Waals surface area contributed by atoms with Crippen LogP contribution in [-0.4, -0.2) is 26.5 Å². The van der Waals surface area contributed by atoms with E-state index < -0.39 is 17.9 Å². The third kappa shape index (κ3) is 3.99. The SMILES string of the molecule is Cl.[2H]c1c([2H])c([C@H]2CCNC[C@@H]2COc2ccc3c(c2)OCO3)c([2H])c([2H])c1F. The molecule has 134 valence electrons. The van der Waals surface area contributed by atoms with Crippen molar-refractivity contribution in [1.29, 1.82) is 0 Å². The molecule has 0 saturated carbocycles. The standard InChI is InChI=1S/C19H20FNO3.ClH/c20-15-3-1-13(2-4-15)17-7-8-21-10-14(17)11-22-16-5-6-18-19(9-16)24-12-23-18;/h1-6,9,14,17,21H,7-8,10-12H2;1H/t14-,17-;/m1./s1/i1D,2D,3D,4D;. The van der Waals surface area contributed by atoms with Crippen LogP contribution in [0.1, 0.15) is 23.4 Å². The number of benzene rings is 2. The summed E-state index contributed by atoms with van der Waals surface area (Å²) in [5.74, 6) is 0.447. The second-order valence-electron chi connectivity index (χ2n) is 5.91. The summed E-state index contributed by atoms with van der Waals surface area (Å²) in [5.41, 5.74) is 0.261. The van der Waals surface area contributed by atoms with E-state index in [2.05, 4.69) is 5.32 Å². The van der Waals surface area contributed by atoms with Crippen molar-refractivity contribution >= 4 is 12.4 Å². The van der Waals surface area contributed by atoms with E-state index in [1.165, 1.54) is 0 Å². The Balaban J connectivity index is 0.00000240. The van der Waals surface area contributed by atoms with E-state index in [4.69, 9.17) is 19.7 Å². The van der Waals surface area contributed by atoms with Gasteiger partial charge >= 0.3 is 0 Å². The Morgan fingerprint density at radius 2 is 2.00 bits per heavy atom. The number of hydrogen-bond acceptors (Lipinski definition) is 4. The van der Waals surface area contributed by atoms with Crippen LogP contribution in [0.15, 0.2) is 42.4 Å². The molecule has 1 N–H and O–H groups in total. The minimum atomic E-state index is -1.11. The Hall–Kier alpha value is -1.98. The lowest BCUT2D eigenvalue weighted by atomic mass is 9.81. The van der Waals surface area contributed by atoms with Crippen LogP contribution < -0.4 is 19.5 Å². The summed E-state index contributed by atoms with van der Waals surface area (Å²) in [6, 6.07) is 3.46. The Kier molecular flexibility index (Phi) is 4.21. The van der Waals surface area contributed by atoms with Crippen molar-refractivity contribution in [3.8, 4) is 17.2 Å². The van der Waals surface area contributed by atoms with Crippen molar-refractivity contribution in [3.05, 3.63) is 53.7 Å². The van der Waals surface area contributed by atoms with Crippen molar-refractivity contribution < 1.29 is 24.1 Å². The van der Waals surface area contributed by atoms with E-state index in [9.17, 15) is 4.39 Å². The summed E-state index contributed by atoms with van der Waals surface area (Å²) < 4.78 is 62.3. The molecule has 0 aromatic heterocycles. The van der Waals surface area contributed by atoms with Gasteiger partial charge in [-0.15, -0.1) is 12.4 Å². The van der Waals surface area contributed by atoms with Crippen LogP contribution in [0.2, 0.25) is 0 Å². The molecule has 1 fully saturated rings. The van der Waals surface area contributed by atoms with Crippen LogP contribution in [0.4, 0.5) is 4.39 Å². The molecule has 0 radical (unpaired) electrons. The topological polar surface area (TPSA) is 39.7 Å². The van der Waals surface area contributed by atoms with Gasteiger partial charge in [-0.25, -0.2) is 4.39 Å². The molecule has 2 aliphatic heterocycles. The van der Waals surface area contributed by atoms with Gasteiger partial charge in [0, 0.05) is 18.5 Å². The molecule has 2 heterocycles. The second kappa shape index (κ2) is 7.93. The van der Waals surface area contributed by atoms with E-state index in [1.807, 2.05) is 0 Å². The van der Waals surface area contributed by atoms with Gasteiger partial charge in [0.05, 0.1) is 12.1 Å². The van der Waals surface area contributed by atoms with Crippen LogP contribution in [0.25, 0.3) is 0 Å². The summed E-state index contributed by atoms with van der Waals surface area (Å²) in [6.07, 6.45) is 0.622. The average Bonchev–Trinajstić information content (AvgIpc) is 3.18. The molecule has 0 unspecified atom stereocenters. The Labute approximate surface area is 158 Å². The van der Waals surface area contributed by atoms with Crippen molar-refractivity contribution in [1.82, 2.24) is 5.32 Å². The molecule has 6 heteroatoms. The molecule has 0 spiro atoms. The van der Waals surface area contributed by atoms with Gasteiger partial charge in [-0.1, -0.05) is 12.1 Å². The van der Waals surface area contributed by atoms with Crippen molar-refractivity contribution in [2.45, 2.75) is 12.3 Å². The third-order valence-electron chi connectivity index (χ3n) is 4.40. The maximum absolute atomic E-state index is 13.9. The highest BCUT2D eigenvalue weighted by Crippen LogP contribution is 2.36. The van der Waals surface area contributed by atoms with Crippen LogP contribution in [0, 0.1) is 11.7 Å². The minimum Gasteiger partial charge on any atom is -0.493 e. The van der Waals surface area contributed by atoms with Crippen molar-refractivity contribution in [2.75, 3.05) is 26.5 Å². The largest absolute Gasteiger partial charge is 0.493 e. The van der Waals surface area contributed by atoms with Crippen molar-refractivity contribution in [3.63, 3.8) is 0 Å². The Bertz CT molecular complexity index is 889. The van der Waals surface area contributed by atoms with Crippen LogP contribution in [0.3, 0.4) is 0 Å². The number of halogens is 2. The van der Waals surface area contributed by atoms with Gasteiger partial charge < -0.3 is 19.5 Å². The molecule has 4 nitrogen and oxygen atoms in total. The molecule has 2 atom stereocenters. The summed E-state index contributed by atoms with van der Waals surface area (Å²) in [7, 11) is 0. The molecule has 2 aliphatic rings. The minimum absolute atomic E-state index is 0. The predicted octanol–water partition coefficient (Wildman–Crippen LogP) is 3.75. The van der Waals surface area contributed by atoms with E-state index in [1.54, 1.807) is 18.2 Å². The number of ether oxygens (including phenoxy) is 3. The molecule has 2 aromatic carbocycles. The van der Waals surface area contributed by atoms with Gasteiger partial charge in [-0.2, -0.15) is 0 Å². The second-order valence-corrected chi connectivity index (χ2v) is 5.91. The highest BCUT2D eigenvalue weighted by Gasteiger charge is 2.27. The van der Waals surface area contributed by atoms with Gasteiger partial charge in [0.25, 0.3) is 0 Å². The fourth-order valence-corrected chi connectivity index (χ4v) is 3.14. The molecular weight excluding hydrogens is 345 g/mol. The summed E-state index contributed by atoms with van der Waals surface area (Å²) in [5, 5.41) is 3.28. The van der Waals surface area contributed by atoms with Gasteiger partial charge in [0.2, 0.25) is 6.79 Å². The lowest BCUT2D eigenvalue weighted by Gasteiger charge is -2.32. The van der Waals surface area contributed by atoms with Crippen LogP contribution >= 0.6 is 12.4 Å². The zero-order valence-electron chi connectivity index (χ0n) is 17.4. The molecule has 1 saturated heterocycles. The number of rotatable bonds is 4. The van der Waals surface area contributed by atoms with E-state index in [0.717, 1.165) is 0 Å². The molecule has 0 amide bonds. The first-order valence-electron chi connectivity index (χ1n) is 9.96. The fraction of sp³-hybridized carbons (Fsp3) is 0.368. The maximum Gasteiger partial charge on any atom is 0.231 e. The Morgan fingerprint density at radius 1 is 1.20 bits per heavy atom. The summed E-state index contributed by atoms with van der Waals surface area (Å²) in [4.78, 5) is 0. The zero-order valence-corrected chi connectivity index (χ0v) is 14.2. The Morgan fingerprint density at radius 3 is 2.84 bits per heavy atom. The quantitative estimate of drug-likeness (QED) is 0.891. The van der Waals surface area contributed by atoms with Gasteiger partial charge in [-0.05, 0) is 48.7 Å². The molecule has 2 aromatic rings. The van der Waals surface area contributed by atoms with E-state index in [0.29, 0.717) is 43.4 Å². The maximum atomic E-state index is 13.9. The van der Waals surface area contributed by atoms with Crippen molar-refractivity contribution in [2.24, 2.45) is 5.92 Å². The zero-order chi connectivity index (χ0) is 19.8. The normalized spacial score (nSPS) is 23.7. The first-order chi connectivity index (χ1) is 13.5. The molecule has 0 bridgehead atoms. The van der Waals surface area contributed by atoms with Crippen LogP contribution in [0.5, 0.6) is 17.2 Å². The number of piperidine rings is 1. The third-order valence-corrected chi connectivity index (χ3v) is 4.40. The van der Waals surface area contributed by atoms with Gasteiger partial charge in [0.15, 0.2) is 11.5 Å². The monoisotopic (exact) mass is 369 g/mol. The number of fused-ring (bicyclic) bond motifs is 1. The smallest absolute Gasteiger partial charge is 0.231 e. The molecule has 25 heavy (non-hydrogen) atoms. The first-order valence-corrected chi connectivity index (χ1v) is 7.96. The van der Waals surface area contributed by atoms with Gasteiger partial charge in [0.1, 0.15) is 11.6 Å². The predicted molar refractivity (Wildman–Crippen MR) is 95.4 cm³/mol. The highest BCUT2D eigenvalue weighted by atomic mass is 35.5. The summed E-state index contributed by atoms with van der Waals surface area (Å²) in [6.45, 7) is 1.78. The number of hydrogen-bond donors (Lipinski definition) is 1. The van der Waals surface area contributed by atoms with E-state index in [-0.39, 0.29) is 48.7 Å². The summed E-state index contributed by atoms with van der Waals surface area (Å²) >= 11 is 0. The highest BCUT2D eigenvalue weighted by molar-refractivity contribution is 5.85. The molecular formula is C19H21ClFNO3. The molecule has 4 rings (SSSR count). The van der Waals surface area contributed by atoms with E-state index >= 15 is 0 Å². The van der Waals surface area contributed by atoms with Crippen LogP contribution in [-0.2, 0) is 0 Å². The molecule has 0 aliphatic carbocycles. The lowest BCUT2D eigenvalue weighted by molar-refractivity contribution is 0.173. The van der Waals surface area contributed by atoms with Gasteiger partial charge in [-0.3, -0.25) is 0 Å². The first kappa shape index (κ1) is 13.3. The lowest BCUT2D eigenvalue weighted by Crippen LogP contribution is -2.38. The fourth-order valence-electron chi connectivity index (χ4n) is 3.14. The average molecular weight is 370 g/mol.